The Morgan fingerprint density at radius 2 is 2.09 bits per heavy atom. The first-order chi connectivity index (χ1) is 11.0. The monoisotopic (exact) mass is 339 g/mol. The molecule has 23 heavy (non-hydrogen) atoms. The number of rotatable bonds is 6. The van der Waals surface area contributed by atoms with Crippen LogP contribution in [0.2, 0.25) is 5.02 Å². The van der Waals surface area contributed by atoms with Gasteiger partial charge in [-0.2, -0.15) is 0 Å². The number of aliphatic carboxylic acids is 1. The standard InChI is InChI=1S/C16H18ClNO5/c1-2-18(6-5-15(20)21)14(19)4-3-11-9-12(17)16-13(10-11)22-7-8-23-16/h3-4,9-10H,2,5-8H2,1H3,(H,20,21). The van der Waals surface area contributed by atoms with Crippen LogP contribution in [-0.2, 0) is 9.59 Å². The predicted molar refractivity (Wildman–Crippen MR) is 86.0 cm³/mol. The molecule has 6 nitrogen and oxygen atoms in total. The highest BCUT2D eigenvalue weighted by Gasteiger charge is 2.16. The van der Waals surface area contributed by atoms with Gasteiger partial charge in [-0.05, 0) is 30.7 Å². The molecule has 1 aliphatic rings. The van der Waals surface area contributed by atoms with Crippen LogP contribution < -0.4 is 9.47 Å². The minimum Gasteiger partial charge on any atom is -0.486 e. The van der Waals surface area contributed by atoms with E-state index in [1.54, 1.807) is 25.1 Å². The van der Waals surface area contributed by atoms with Crippen molar-refractivity contribution in [3.8, 4) is 11.5 Å². The van der Waals surface area contributed by atoms with Crippen molar-refractivity contribution in [3.63, 3.8) is 0 Å². The normalized spacial score (nSPS) is 13.1. The van der Waals surface area contributed by atoms with E-state index >= 15 is 0 Å². The zero-order valence-electron chi connectivity index (χ0n) is 12.8. The number of ether oxygens (including phenoxy) is 2. The number of amides is 1. The van der Waals surface area contributed by atoms with E-state index in [1.807, 2.05) is 0 Å². The minimum absolute atomic E-state index is 0.0801. The topological polar surface area (TPSA) is 76.1 Å². The Morgan fingerprint density at radius 3 is 2.78 bits per heavy atom. The molecule has 2 rings (SSSR count). The van der Waals surface area contributed by atoms with Crippen LogP contribution in [0.25, 0.3) is 6.08 Å². The third-order valence-corrected chi connectivity index (χ3v) is 3.61. The highest BCUT2D eigenvalue weighted by Crippen LogP contribution is 2.38. The largest absolute Gasteiger partial charge is 0.486 e. The summed E-state index contributed by atoms with van der Waals surface area (Å²) in [6, 6.07) is 3.43. The summed E-state index contributed by atoms with van der Waals surface area (Å²) in [5, 5.41) is 9.12. The lowest BCUT2D eigenvalue weighted by Crippen LogP contribution is -2.31. The molecule has 1 aromatic rings. The number of fused-ring (bicyclic) bond motifs is 1. The lowest BCUT2D eigenvalue weighted by atomic mass is 10.1. The van der Waals surface area contributed by atoms with Crippen LogP contribution >= 0.6 is 11.6 Å². The molecule has 0 saturated carbocycles. The summed E-state index contributed by atoms with van der Waals surface area (Å²) >= 11 is 6.14. The highest BCUT2D eigenvalue weighted by atomic mass is 35.5. The minimum atomic E-state index is -0.932. The van der Waals surface area contributed by atoms with Gasteiger partial charge in [-0.25, -0.2) is 0 Å². The van der Waals surface area contributed by atoms with Crippen LogP contribution in [0.4, 0.5) is 0 Å². The number of likely N-dealkylation sites (N-methyl/N-ethyl adjacent to an activating group) is 1. The van der Waals surface area contributed by atoms with Crippen molar-refractivity contribution in [1.29, 1.82) is 0 Å². The molecule has 0 fully saturated rings. The number of carboxylic acid groups (broad SMARTS) is 1. The van der Waals surface area contributed by atoms with Crippen molar-refractivity contribution in [2.24, 2.45) is 0 Å². The highest BCUT2D eigenvalue weighted by molar-refractivity contribution is 6.32. The van der Waals surface area contributed by atoms with Crippen molar-refractivity contribution in [2.45, 2.75) is 13.3 Å². The molecule has 0 saturated heterocycles. The molecule has 0 aliphatic carbocycles. The summed E-state index contributed by atoms with van der Waals surface area (Å²) in [5.74, 6) is -0.120. The fourth-order valence-corrected chi connectivity index (χ4v) is 2.43. The third kappa shape index (κ3) is 4.63. The van der Waals surface area contributed by atoms with Gasteiger partial charge >= 0.3 is 5.97 Å². The average molecular weight is 340 g/mol. The molecule has 1 aliphatic heterocycles. The van der Waals surface area contributed by atoms with Crippen molar-refractivity contribution in [3.05, 3.63) is 28.8 Å². The number of nitrogens with zero attached hydrogens (tertiary/aromatic N) is 1. The Morgan fingerprint density at radius 1 is 1.35 bits per heavy atom. The molecule has 0 bridgehead atoms. The Labute approximate surface area is 139 Å². The molecule has 7 heteroatoms. The van der Waals surface area contributed by atoms with Crippen LogP contribution in [0, 0.1) is 0 Å². The molecule has 0 radical (unpaired) electrons. The summed E-state index contributed by atoms with van der Waals surface area (Å²) in [4.78, 5) is 24.2. The van der Waals surface area contributed by atoms with E-state index < -0.39 is 5.97 Å². The van der Waals surface area contributed by atoms with Gasteiger partial charge in [0.05, 0.1) is 11.4 Å². The Kier molecular flexibility index (Phi) is 5.87. The van der Waals surface area contributed by atoms with Crippen molar-refractivity contribution in [1.82, 2.24) is 4.90 Å². The van der Waals surface area contributed by atoms with E-state index in [-0.39, 0.29) is 18.9 Å². The second-order valence-corrected chi connectivity index (χ2v) is 5.33. The molecule has 124 valence electrons. The van der Waals surface area contributed by atoms with E-state index in [0.29, 0.717) is 41.8 Å². The SMILES string of the molecule is CCN(CCC(=O)O)C(=O)C=Cc1cc(Cl)c2c(c1)OCCO2. The van der Waals surface area contributed by atoms with Crippen LogP contribution in [0.3, 0.4) is 0 Å². The second kappa shape index (κ2) is 7.87. The van der Waals surface area contributed by atoms with Crippen molar-refractivity contribution in [2.75, 3.05) is 26.3 Å². The number of halogens is 1. The lowest BCUT2D eigenvalue weighted by Gasteiger charge is -2.20. The van der Waals surface area contributed by atoms with E-state index in [0.717, 1.165) is 0 Å². The van der Waals surface area contributed by atoms with Gasteiger partial charge in [0.25, 0.3) is 0 Å². The Balaban J connectivity index is 2.08. The van der Waals surface area contributed by atoms with E-state index in [2.05, 4.69) is 0 Å². The average Bonchev–Trinajstić information content (AvgIpc) is 2.53. The third-order valence-electron chi connectivity index (χ3n) is 3.33. The molecule has 1 N–H and O–H groups in total. The van der Waals surface area contributed by atoms with Gasteiger partial charge in [0.2, 0.25) is 5.91 Å². The summed E-state index contributed by atoms with van der Waals surface area (Å²) in [7, 11) is 0. The van der Waals surface area contributed by atoms with Crippen LogP contribution in [0.1, 0.15) is 18.9 Å². The van der Waals surface area contributed by atoms with Crippen molar-refractivity contribution >= 4 is 29.6 Å². The Hall–Kier alpha value is -2.21. The number of carbonyl (C=O) groups excluding carboxylic acids is 1. The summed E-state index contributed by atoms with van der Waals surface area (Å²) in [6.07, 6.45) is 2.94. The van der Waals surface area contributed by atoms with Gasteiger partial charge in [-0.1, -0.05) is 11.6 Å². The fourth-order valence-electron chi connectivity index (χ4n) is 2.15. The molecule has 1 amide bonds. The van der Waals surface area contributed by atoms with E-state index in [4.69, 9.17) is 26.2 Å². The van der Waals surface area contributed by atoms with Gasteiger partial charge in [0, 0.05) is 19.2 Å². The maximum absolute atomic E-state index is 12.1. The Bertz CT molecular complexity index is 629. The van der Waals surface area contributed by atoms with Gasteiger partial charge in [-0.15, -0.1) is 0 Å². The second-order valence-electron chi connectivity index (χ2n) is 4.92. The van der Waals surface area contributed by atoms with Gasteiger partial charge < -0.3 is 19.5 Å². The summed E-state index contributed by atoms with van der Waals surface area (Å²) in [6.45, 7) is 3.33. The van der Waals surface area contributed by atoms with Gasteiger partial charge in [0.15, 0.2) is 11.5 Å². The molecule has 0 spiro atoms. The van der Waals surface area contributed by atoms with Crippen LogP contribution in [-0.4, -0.2) is 48.2 Å². The fraction of sp³-hybridized carbons (Fsp3) is 0.375. The van der Waals surface area contributed by atoms with Crippen molar-refractivity contribution < 1.29 is 24.2 Å². The number of benzene rings is 1. The molecule has 1 heterocycles. The maximum atomic E-state index is 12.1. The molecule has 0 aromatic heterocycles. The number of hydrogen-bond donors (Lipinski definition) is 1. The quantitative estimate of drug-likeness (QED) is 0.806. The summed E-state index contributed by atoms with van der Waals surface area (Å²) in [5.41, 5.74) is 0.710. The first-order valence-corrected chi connectivity index (χ1v) is 7.67. The molecule has 1 aromatic carbocycles. The first-order valence-electron chi connectivity index (χ1n) is 7.29. The predicted octanol–water partition coefficient (Wildman–Crippen LogP) is 2.45. The number of carbonyl (C=O) groups is 2. The summed E-state index contributed by atoms with van der Waals surface area (Å²) < 4.78 is 10.9. The van der Waals surface area contributed by atoms with Gasteiger partial charge in [0.1, 0.15) is 13.2 Å². The molecule has 0 atom stereocenters. The first kappa shape index (κ1) is 17.1. The number of carboxylic acids is 1. The lowest BCUT2D eigenvalue weighted by molar-refractivity contribution is -0.137. The number of hydrogen-bond acceptors (Lipinski definition) is 4. The zero-order valence-corrected chi connectivity index (χ0v) is 13.5. The van der Waals surface area contributed by atoms with Crippen LogP contribution in [0.15, 0.2) is 18.2 Å². The maximum Gasteiger partial charge on any atom is 0.305 e. The molecular weight excluding hydrogens is 322 g/mol. The smallest absolute Gasteiger partial charge is 0.305 e. The van der Waals surface area contributed by atoms with Crippen LogP contribution in [0.5, 0.6) is 11.5 Å². The van der Waals surface area contributed by atoms with Gasteiger partial charge in [-0.3, -0.25) is 9.59 Å². The van der Waals surface area contributed by atoms with E-state index in [1.165, 1.54) is 11.0 Å². The van der Waals surface area contributed by atoms with E-state index in [9.17, 15) is 9.59 Å². The molecular formula is C16H18ClNO5. The molecule has 0 unspecified atom stereocenters. The zero-order chi connectivity index (χ0) is 16.8.